The van der Waals surface area contributed by atoms with Crippen molar-refractivity contribution in [1.29, 1.82) is 0 Å². The Morgan fingerprint density at radius 1 is 1.69 bits per heavy atom. The third kappa shape index (κ3) is 2.05. The van der Waals surface area contributed by atoms with Crippen molar-refractivity contribution in [2.45, 2.75) is 32.0 Å². The van der Waals surface area contributed by atoms with Crippen molar-refractivity contribution < 1.29 is 5.11 Å². The molecular weight excluding hydrogens is 168 g/mol. The van der Waals surface area contributed by atoms with E-state index in [1.807, 2.05) is 0 Å². The van der Waals surface area contributed by atoms with Gasteiger partial charge in [0.2, 0.25) is 0 Å². The largest absolute Gasteiger partial charge is 0.390 e. The molecule has 0 spiro atoms. The molecule has 0 radical (unpaired) electrons. The first-order valence-electron chi connectivity index (χ1n) is 4.62. The maximum atomic E-state index is 8.78. The predicted molar refractivity (Wildman–Crippen MR) is 47.0 cm³/mol. The molecule has 1 aliphatic rings. The number of nitrogens with one attached hydrogen (secondary N) is 1. The lowest BCUT2D eigenvalue weighted by atomic mass is 10.2. The van der Waals surface area contributed by atoms with E-state index in [0.717, 1.165) is 13.1 Å². The minimum absolute atomic E-state index is 0.0297. The Balaban J connectivity index is 1.92. The van der Waals surface area contributed by atoms with Gasteiger partial charge in [0, 0.05) is 6.04 Å². The maximum absolute atomic E-state index is 8.78. The highest BCUT2D eigenvalue weighted by molar-refractivity contribution is 4.89. The van der Waals surface area contributed by atoms with E-state index in [1.165, 1.54) is 12.8 Å². The number of aliphatic hydroxyl groups excluding tert-OH is 1. The van der Waals surface area contributed by atoms with Crippen molar-refractivity contribution in [3.05, 3.63) is 11.9 Å². The van der Waals surface area contributed by atoms with E-state index in [0.29, 0.717) is 11.7 Å². The van der Waals surface area contributed by atoms with Gasteiger partial charge < -0.3 is 10.4 Å². The van der Waals surface area contributed by atoms with Crippen molar-refractivity contribution in [1.82, 2.24) is 20.3 Å². The molecular formula is C8H14N4O. The summed E-state index contributed by atoms with van der Waals surface area (Å²) in [5.74, 6) is 0. The Labute approximate surface area is 76.8 Å². The van der Waals surface area contributed by atoms with E-state index >= 15 is 0 Å². The van der Waals surface area contributed by atoms with Crippen LogP contribution in [-0.4, -0.2) is 32.7 Å². The molecule has 0 amide bonds. The van der Waals surface area contributed by atoms with E-state index in [-0.39, 0.29) is 6.61 Å². The number of aliphatic hydroxyl groups is 1. The quantitative estimate of drug-likeness (QED) is 0.663. The highest BCUT2D eigenvalue weighted by Gasteiger charge is 2.14. The number of hydrogen-bond acceptors (Lipinski definition) is 4. The minimum atomic E-state index is -0.0297. The molecule has 1 fully saturated rings. The van der Waals surface area contributed by atoms with Crippen LogP contribution in [0.4, 0.5) is 0 Å². The highest BCUT2D eigenvalue weighted by atomic mass is 16.3. The number of rotatable bonds is 3. The summed E-state index contributed by atoms with van der Waals surface area (Å²) in [4.78, 5) is 0. The molecule has 1 aromatic heterocycles. The van der Waals surface area contributed by atoms with Gasteiger partial charge in [-0.05, 0) is 19.4 Å². The molecule has 0 aliphatic carbocycles. The Kier molecular flexibility index (Phi) is 2.56. The van der Waals surface area contributed by atoms with Crippen molar-refractivity contribution in [2.24, 2.45) is 0 Å². The van der Waals surface area contributed by atoms with Crippen LogP contribution in [0.25, 0.3) is 0 Å². The molecule has 1 aromatic rings. The van der Waals surface area contributed by atoms with Crippen LogP contribution < -0.4 is 5.32 Å². The summed E-state index contributed by atoms with van der Waals surface area (Å²) < 4.78 is 1.79. The third-order valence-corrected chi connectivity index (χ3v) is 2.32. The molecule has 0 saturated carbocycles. The van der Waals surface area contributed by atoms with Crippen molar-refractivity contribution in [3.8, 4) is 0 Å². The molecule has 1 saturated heterocycles. The van der Waals surface area contributed by atoms with Crippen LogP contribution in [0.3, 0.4) is 0 Å². The van der Waals surface area contributed by atoms with Crippen molar-refractivity contribution in [2.75, 3.05) is 6.54 Å². The molecule has 1 atom stereocenters. The first-order chi connectivity index (χ1) is 6.38. The fourth-order valence-corrected chi connectivity index (χ4v) is 1.64. The summed E-state index contributed by atoms with van der Waals surface area (Å²) >= 11 is 0. The average Bonchev–Trinajstić information content (AvgIpc) is 2.76. The van der Waals surface area contributed by atoms with Gasteiger partial charge in [-0.2, -0.15) is 0 Å². The van der Waals surface area contributed by atoms with Gasteiger partial charge in [-0.3, -0.25) is 4.68 Å². The van der Waals surface area contributed by atoms with Crippen LogP contribution in [0, 0.1) is 0 Å². The number of nitrogens with zero attached hydrogens (tertiary/aromatic N) is 3. The highest BCUT2D eigenvalue weighted by Crippen LogP contribution is 2.06. The molecule has 72 valence electrons. The second kappa shape index (κ2) is 3.85. The lowest BCUT2D eigenvalue weighted by Gasteiger charge is -2.08. The zero-order chi connectivity index (χ0) is 9.10. The smallest absolute Gasteiger partial charge is 0.108 e. The summed E-state index contributed by atoms with van der Waals surface area (Å²) in [6, 6.07) is 0.522. The average molecular weight is 182 g/mol. The fraction of sp³-hybridized carbons (Fsp3) is 0.750. The van der Waals surface area contributed by atoms with E-state index in [1.54, 1.807) is 10.9 Å². The molecule has 13 heavy (non-hydrogen) atoms. The Morgan fingerprint density at radius 2 is 2.62 bits per heavy atom. The summed E-state index contributed by atoms with van der Waals surface area (Å²) in [7, 11) is 0. The van der Waals surface area contributed by atoms with Gasteiger partial charge in [0.05, 0.1) is 19.3 Å². The van der Waals surface area contributed by atoms with Crippen molar-refractivity contribution in [3.63, 3.8) is 0 Å². The summed E-state index contributed by atoms with van der Waals surface area (Å²) in [5.41, 5.74) is 0.637. The normalized spacial score (nSPS) is 22.4. The van der Waals surface area contributed by atoms with E-state index < -0.39 is 0 Å². The van der Waals surface area contributed by atoms with Crippen LogP contribution in [-0.2, 0) is 13.2 Å². The SMILES string of the molecule is OCc1cn(CC2CCCN2)nn1. The topological polar surface area (TPSA) is 63.0 Å². The number of hydrogen-bond donors (Lipinski definition) is 2. The summed E-state index contributed by atoms with van der Waals surface area (Å²) in [6.07, 6.45) is 4.24. The van der Waals surface area contributed by atoms with Gasteiger partial charge in [-0.15, -0.1) is 5.10 Å². The van der Waals surface area contributed by atoms with Crippen LogP contribution in [0.5, 0.6) is 0 Å². The number of aromatic nitrogens is 3. The molecule has 1 unspecified atom stereocenters. The molecule has 5 nitrogen and oxygen atoms in total. The van der Waals surface area contributed by atoms with Crippen molar-refractivity contribution >= 4 is 0 Å². The van der Waals surface area contributed by atoms with Gasteiger partial charge in [-0.1, -0.05) is 5.21 Å². The molecule has 0 bridgehead atoms. The Bertz CT molecular complexity index is 267. The molecule has 2 rings (SSSR count). The molecule has 5 heteroatoms. The van der Waals surface area contributed by atoms with Gasteiger partial charge >= 0.3 is 0 Å². The predicted octanol–water partition coefficient (Wildman–Crippen LogP) is -0.478. The van der Waals surface area contributed by atoms with Gasteiger partial charge in [0.15, 0.2) is 0 Å². The second-order valence-corrected chi connectivity index (χ2v) is 3.38. The zero-order valence-corrected chi connectivity index (χ0v) is 7.48. The van der Waals surface area contributed by atoms with Gasteiger partial charge in [0.1, 0.15) is 5.69 Å². The van der Waals surface area contributed by atoms with Crippen LogP contribution >= 0.6 is 0 Å². The summed E-state index contributed by atoms with van der Waals surface area (Å²) in [6.45, 7) is 1.93. The molecule has 1 aliphatic heterocycles. The minimum Gasteiger partial charge on any atom is -0.390 e. The first kappa shape index (κ1) is 8.65. The van der Waals surface area contributed by atoms with Crippen LogP contribution in [0.1, 0.15) is 18.5 Å². The monoisotopic (exact) mass is 182 g/mol. The van der Waals surface area contributed by atoms with Gasteiger partial charge in [0.25, 0.3) is 0 Å². The van der Waals surface area contributed by atoms with E-state index in [4.69, 9.17) is 5.11 Å². The standard InChI is InChI=1S/C8H14N4O/c13-6-8-5-12(11-10-8)4-7-2-1-3-9-7/h5,7,9,13H,1-4,6H2. The molecule has 2 N–H and O–H groups in total. The summed E-state index contributed by atoms with van der Waals surface area (Å²) in [5, 5.41) is 19.9. The van der Waals surface area contributed by atoms with E-state index in [2.05, 4.69) is 15.6 Å². The molecule has 2 heterocycles. The van der Waals surface area contributed by atoms with E-state index in [9.17, 15) is 0 Å². The van der Waals surface area contributed by atoms with Gasteiger partial charge in [-0.25, -0.2) is 0 Å². The fourth-order valence-electron chi connectivity index (χ4n) is 1.64. The lowest BCUT2D eigenvalue weighted by Crippen LogP contribution is -2.26. The third-order valence-electron chi connectivity index (χ3n) is 2.32. The zero-order valence-electron chi connectivity index (χ0n) is 7.48. The lowest BCUT2D eigenvalue weighted by molar-refractivity contribution is 0.276. The van der Waals surface area contributed by atoms with Crippen LogP contribution in [0.2, 0.25) is 0 Å². The Hall–Kier alpha value is -0.940. The molecule has 0 aromatic carbocycles. The second-order valence-electron chi connectivity index (χ2n) is 3.38. The maximum Gasteiger partial charge on any atom is 0.108 e. The van der Waals surface area contributed by atoms with Crippen LogP contribution in [0.15, 0.2) is 6.20 Å². The Morgan fingerprint density at radius 3 is 3.23 bits per heavy atom. The first-order valence-corrected chi connectivity index (χ1v) is 4.62.